The van der Waals surface area contributed by atoms with E-state index in [4.69, 9.17) is 10.00 Å². The Morgan fingerprint density at radius 2 is 2.38 bits per heavy atom. The molecule has 0 saturated carbocycles. The monoisotopic (exact) mass is 204 g/mol. The van der Waals surface area contributed by atoms with Crippen molar-refractivity contribution in [3.8, 4) is 6.07 Å². The third-order valence-electron chi connectivity index (χ3n) is 1.91. The fraction of sp³-hybridized carbons (Fsp3) is 0.857. The highest BCUT2D eigenvalue weighted by Gasteiger charge is 2.29. The van der Waals surface area contributed by atoms with E-state index in [0.29, 0.717) is 19.8 Å². The van der Waals surface area contributed by atoms with Crippen LogP contribution in [0.1, 0.15) is 6.92 Å². The second-order valence-corrected chi connectivity index (χ2v) is 4.87. The molecule has 6 heteroatoms. The zero-order valence-electron chi connectivity index (χ0n) is 7.43. The molecule has 1 heterocycles. The quantitative estimate of drug-likeness (QED) is 0.611. The van der Waals surface area contributed by atoms with Crippen LogP contribution in [0.15, 0.2) is 0 Å². The van der Waals surface area contributed by atoms with Crippen LogP contribution < -0.4 is 0 Å². The number of sulfonamides is 1. The van der Waals surface area contributed by atoms with Crippen molar-refractivity contribution in [1.82, 2.24) is 4.31 Å². The maximum absolute atomic E-state index is 11.4. The molecule has 5 nitrogen and oxygen atoms in total. The lowest BCUT2D eigenvalue weighted by molar-refractivity contribution is 0.0394. The van der Waals surface area contributed by atoms with E-state index < -0.39 is 15.8 Å². The third-order valence-corrected chi connectivity index (χ3v) is 3.66. The predicted molar refractivity (Wildman–Crippen MR) is 46.4 cm³/mol. The Hall–Kier alpha value is -0.640. The highest BCUT2D eigenvalue weighted by atomic mass is 32.2. The van der Waals surface area contributed by atoms with Crippen molar-refractivity contribution in [1.29, 1.82) is 5.26 Å². The molecule has 1 aliphatic rings. The molecule has 1 atom stereocenters. The average molecular weight is 204 g/mol. The van der Waals surface area contributed by atoms with Gasteiger partial charge in [0.15, 0.2) is 5.75 Å². The van der Waals surface area contributed by atoms with Gasteiger partial charge in [0.1, 0.15) is 0 Å². The zero-order chi connectivity index (χ0) is 9.90. The maximum atomic E-state index is 11.4. The summed E-state index contributed by atoms with van der Waals surface area (Å²) in [5.74, 6) is -0.447. The summed E-state index contributed by atoms with van der Waals surface area (Å²) in [6, 6.07) is 1.50. The van der Waals surface area contributed by atoms with Gasteiger partial charge in [0.2, 0.25) is 10.0 Å². The molecule has 0 aromatic rings. The first-order valence-corrected chi connectivity index (χ1v) is 5.63. The van der Waals surface area contributed by atoms with Crippen molar-refractivity contribution >= 4 is 10.0 Å². The Kier molecular flexibility index (Phi) is 3.25. The van der Waals surface area contributed by atoms with Gasteiger partial charge >= 0.3 is 0 Å². The maximum Gasteiger partial charge on any atom is 0.227 e. The van der Waals surface area contributed by atoms with Crippen LogP contribution in [0.3, 0.4) is 0 Å². The summed E-state index contributed by atoms with van der Waals surface area (Å²) in [5, 5.41) is 8.33. The van der Waals surface area contributed by atoms with Gasteiger partial charge in [-0.2, -0.15) is 9.57 Å². The second kappa shape index (κ2) is 4.05. The molecular weight excluding hydrogens is 192 g/mol. The highest BCUT2D eigenvalue weighted by molar-refractivity contribution is 7.89. The topological polar surface area (TPSA) is 70.4 Å². The first-order chi connectivity index (χ1) is 6.08. The summed E-state index contributed by atoms with van der Waals surface area (Å²) < 4.78 is 29.3. The van der Waals surface area contributed by atoms with Gasteiger partial charge in [-0.1, -0.05) is 0 Å². The van der Waals surface area contributed by atoms with Crippen LogP contribution in [0.2, 0.25) is 0 Å². The summed E-state index contributed by atoms with van der Waals surface area (Å²) >= 11 is 0. The smallest absolute Gasteiger partial charge is 0.227 e. The van der Waals surface area contributed by atoms with Crippen molar-refractivity contribution in [3.63, 3.8) is 0 Å². The number of ether oxygens (including phenoxy) is 1. The van der Waals surface area contributed by atoms with Gasteiger partial charge in [-0.15, -0.1) is 0 Å². The number of rotatable bonds is 2. The predicted octanol–water partition coefficient (Wildman–Crippen LogP) is -0.440. The summed E-state index contributed by atoms with van der Waals surface area (Å²) in [4.78, 5) is 0. The second-order valence-electron chi connectivity index (χ2n) is 2.95. The fourth-order valence-electron chi connectivity index (χ4n) is 1.29. The molecule has 74 valence electrons. The normalized spacial score (nSPS) is 25.4. The third kappa shape index (κ3) is 2.40. The molecule has 1 fully saturated rings. The minimum absolute atomic E-state index is 0.160. The molecule has 0 bridgehead atoms. The SMILES string of the molecule is C[C@@H]1COCCN1S(=O)(=O)CC#N. The van der Waals surface area contributed by atoms with Crippen molar-refractivity contribution in [3.05, 3.63) is 0 Å². The molecule has 1 saturated heterocycles. The largest absolute Gasteiger partial charge is 0.378 e. The van der Waals surface area contributed by atoms with Crippen molar-refractivity contribution < 1.29 is 13.2 Å². The Bertz CT molecular complexity index is 306. The van der Waals surface area contributed by atoms with E-state index in [-0.39, 0.29) is 6.04 Å². The number of nitrogens with zero attached hydrogens (tertiary/aromatic N) is 2. The summed E-state index contributed by atoms with van der Waals surface area (Å²) in [6.45, 7) is 2.94. The summed E-state index contributed by atoms with van der Waals surface area (Å²) in [5.41, 5.74) is 0. The van der Waals surface area contributed by atoms with Crippen LogP contribution >= 0.6 is 0 Å². The van der Waals surface area contributed by atoms with E-state index in [0.717, 1.165) is 0 Å². The molecule has 0 aromatic carbocycles. The number of hydrogen-bond acceptors (Lipinski definition) is 4. The van der Waals surface area contributed by atoms with Gasteiger partial charge in [-0.3, -0.25) is 0 Å². The lowest BCUT2D eigenvalue weighted by Crippen LogP contribution is -2.47. The number of hydrogen-bond donors (Lipinski definition) is 0. The van der Waals surface area contributed by atoms with Gasteiger partial charge in [0.05, 0.1) is 19.3 Å². The van der Waals surface area contributed by atoms with Crippen LogP contribution in [0.4, 0.5) is 0 Å². The Morgan fingerprint density at radius 3 is 2.92 bits per heavy atom. The van der Waals surface area contributed by atoms with E-state index in [9.17, 15) is 8.42 Å². The number of nitriles is 1. The molecule has 0 amide bonds. The molecule has 0 aliphatic carbocycles. The molecule has 13 heavy (non-hydrogen) atoms. The zero-order valence-corrected chi connectivity index (χ0v) is 8.25. The molecule has 0 radical (unpaired) electrons. The van der Waals surface area contributed by atoms with Crippen LogP contribution in [-0.4, -0.2) is 44.3 Å². The van der Waals surface area contributed by atoms with E-state index in [1.807, 2.05) is 0 Å². The van der Waals surface area contributed by atoms with Gasteiger partial charge < -0.3 is 4.74 Å². The van der Waals surface area contributed by atoms with Gasteiger partial charge in [0.25, 0.3) is 0 Å². The Labute approximate surface area is 77.9 Å². The first kappa shape index (κ1) is 10.4. The summed E-state index contributed by atoms with van der Waals surface area (Å²) in [7, 11) is -3.39. The summed E-state index contributed by atoms with van der Waals surface area (Å²) in [6.07, 6.45) is 0. The van der Waals surface area contributed by atoms with Crippen LogP contribution in [0.5, 0.6) is 0 Å². The van der Waals surface area contributed by atoms with Crippen molar-refractivity contribution in [2.24, 2.45) is 0 Å². The molecular formula is C7H12N2O3S. The minimum atomic E-state index is -3.39. The van der Waals surface area contributed by atoms with Gasteiger partial charge in [-0.05, 0) is 6.92 Å². The standard InChI is InChI=1S/C7H12N2O3S/c1-7-6-12-4-3-9(7)13(10,11)5-2-8/h7H,3-6H2,1H3/t7-/m1/s1. The van der Waals surface area contributed by atoms with Crippen molar-refractivity contribution in [2.45, 2.75) is 13.0 Å². The molecule has 0 unspecified atom stereocenters. The lowest BCUT2D eigenvalue weighted by Gasteiger charge is -2.31. The number of morpholine rings is 1. The van der Waals surface area contributed by atoms with Crippen LogP contribution in [0, 0.1) is 11.3 Å². The molecule has 0 spiro atoms. The highest BCUT2D eigenvalue weighted by Crippen LogP contribution is 2.11. The molecule has 0 N–H and O–H groups in total. The Morgan fingerprint density at radius 1 is 1.69 bits per heavy atom. The average Bonchev–Trinajstić information content (AvgIpc) is 2.04. The van der Waals surface area contributed by atoms with Gasteiger partial charge in [-0.25, -0.2) is 8.42 Å². The van der Waals surface area contributed by atoms with E-state index in [2.05, 4.69) is 0 Å². The minimum Gasteiger partial charge on any atom is -0.378 e. The first-order valence-electron chi connectivity index (χ1n) is 4.02. The molecule has 1 aliphatic heterocycles. The van der Waals surface area contributed by atoms with E-state index in [1.54, 1.807) is 13.0 Å². The van der Waals surface area contributed by atoms with Crippen LogP contribution in [0.25, 0.3) is 0 Å². The van der Waals surface area contributed by atoms with Crippen molar-refractivity contribution in [2.75, 3.05) is 25.5 Å². The fourth-order valence-corrected chi connectivity index (χ4v) is 2.58. The van der Waals surface area contributed by atoms with Gasteiger partial charge in [0, 0.05) is 12.6 Å². The molecule has 0 aromatic heterocycles. The molecule has 1 rings (SSSR count). The Balaban J connectivity index is 2.75. The van der Waals surface area contributed by atoms with E-state index in [1.165, 1.54) is 4.31 Å². The lowest BCUT2D eigenvalue weighted by atomic mass is 10.3. The van der Waals surface area contributed by atoms with E-state index >= 15 is 0 Å². The van der Waals surface area contributed by atoms with Crippen LogP contribution in [-0.2, 0) is 14.8 Å².